The van der Waals surface area contributed by atoms with Crippen molar-refractivity contribution in [3.05, 3.63) is 54.6 Å². The molecule has 1 aromatic heterocycles. The Kier molecular flexibility index (Phi) is 5.22. The van der Waals surface area contributed by atoms with Crippen molar-refractivity contribution in [1.29, 1.82) is 0 Å². The van der Waals surface area contributed by atoms with E-state index in [2.05, 4.69) is 79.1 Å². The SMILES string of the molecule is CCC(N(C)C)n1nc(-c2ccccc2)c2ccccc21.Cl. The maximum Gasteiger partial charge on any atom is 0.104 e. The Hall–Kier alpha value is -1.84. The number of nitrogens with zero attached hydrogens (tertiary/aromatic N) is 3. The first-order valence-corrected chi connectivity index (χ1v) is 7.41. The lowest BCUT2D eigenvalue weighted by Crippen LogP contribution is -2.25. The number of hydrogen-bond donors (Lipinski definition) is 0. The summed E-state index contributed by atoms with van der Waals surface area (Å²) in [6.45, 7) is 2.20. The molecule has 2 aromatic carbocycles. The molecule has 0 aliphatic rings. The quantitative estimate of drug-likeness (QED) is 0.702. The van der Waals surface area contributed by atoms with E-state index in [1.54, 1.807) is 0 Å². The van der Waals surface area contributed by atoms with Crippen LogP contribution in [0.3, 0.4) is 0 Å². The Morgan fingerprint density at radius 1 is 1.00 bits per heavy atom. The fourth-order valence-corrected chi connectivity index (χ4v) is 2.88. The minimum absolute atomic E-state index is 0. The molecule has 0 spiro atoms. The molecule has 3 rings (SSSR count). The molecule has 116 valence electrons. The molecule has 0 aliphatic carbocycles. The smallest absolute Gasteiger partial charge is 0.104 e. The van der Waals surface area contributed by atoms with Crippen molar-refractivity contribution < 1.29 is 0 Å². The van der Waals surface area contributed by atoms with Crippen molar-refractivity contribution >= 4 is 23.3 Å². The molecule has 0 saturated carbocycles. The van der Waals surface area contributed by atoms with Gasteiger partial charge in [-0.3, -0.25) is 4.90 Å². The maximum atomic E-state index is 4.93. The lowest BCUT2D eigenvalue weighted by molar-refractivity contribution is 0.199. The van der Waals surface area contributed by atoms with Gasteiger partial charge in [0.1, 0.15) is 11.9 Å². The van der Waals surface area contributed by atoms with Gasteiger partial charge in [-0.05, 0) is 26.6 Å². The Morgan fingerprint density at radius 2 is 1.64 bits per heavy atom. The highest BCUT2D eigenvalue weighted by Crippen LogP contribution is 2.30. The van der Waals surface area contributed by atoms with E-state index in [-0.39, 0.29) is 18.6 Å². The summed E-state index contributed by atoms with van der Waals surface area (Å²) in [5.74, 6) is 0. The summed E-state index contributed by atoms with van der Waals surface area (Å²) in [4.78, 5) is 2.22. The summed E-state index contributed by atoms with van der Waals surface area (Å²) in [7, 11) is 4.21. The van der Waals surface area contributed by atoms with E-state index >= 15 is 0 Å². The lowest BCUT2D eigenvalue weighted by atomic mass is 10.1. The Balaban J connectivity index is 0.00000176. The molecule has 22 heavy (non-hydrogen) atoms. The highest BCUT2D eigenvalue weighted by molar-refractivity contribution is 5.93. The second-order valence-corrected chi connectivity index (χ2v) is 5.53. The van der Waals surface area contributed by atoms with Gasteiger partial charge in [0.25, 0.3) is 0 Å². The largest absolute Gasteiger partial charge is 0.288 e. The van der Waals surface area contributed by atoms with Crippen LogP contribution in [-0.2, 0) is 0 Å². The molecule has 1 unspecified atom stereocenters. The zero-order valence-corrected chi connectivity index (χ0v) is 14.0. The van der Waals surface area contributed by atoms with E-state index in [0.717, 1.165) is 12.1 Å². The van der Waals surface area contributed by atoms with Crippen molar-refractivity contribution in [1.82, 2.24) is 14.7 Å². The van der Waals surface area contributed by atoms with Crippen LogP contribution in [-0.4, -0.2) is 28.8 Å². The average Bonchev–Trinajstić information content (AvgIpc) is 2.88. The lowest BCUT2D eigenvalue weighted by Gasteiger charge is -2.24. The summed E-state index contributed by atoms with van der Waals surface area (Å²) in [6.07, 6.45) is 1.29. The second-order valence-electron chi connectivity index (χ2n) is 5.53. The van der Waals surface area contributed by atoms with Gasteiger partial charge in [-0.15, -0.1) is 12.4 Å². The predicted molar refractivity (Wildman–Crippen MR) is 95.4 cm³/mol. The summed E-state index contributed by atoms with van der Waals surface area (Å²) in [5, 5.41) is 6.14. The van der Waals surface area contributed by atoms with Gasteiger partial charge < -0.3 is 0 Å². The highest BCUT2D eigenvalue weighted by atomic mass is 35.5. The third-order valence-electron chi connectivity index (χ3n) is 3.90. The first-order chi connectivity index (χ1) is 10.2. The summed E-state index contributed by atoms with van der Waals surface area (Å²) < 4.78 is 2.15. The fraction of sp³-hybridized carbons (Fsp3) is 0.278. The number of benzene rings is 2. The number of halogens is 1. The first kappa shape index (κ1) is 16.5. The molecule has 4 heteroatoms. The minimum atomic E-state index is 0. The molecule has 0 fully saturated rings. The highest BCUT2D eigenvalue weighted by Gasteiger charge is 2.18. The number of fused-ring (bicyclic) bond motifs is 1. The Labute approximate surface area is 138 Å². The van der Waals surface area contributed by atoms with Crippen molar-refractivity contribution in [3.8, 4) is 11.3 Å². The van der Waals surface area contributed by atoms with E-state index in [9.17, 15) is 0 Å². The van der Waals surface area contributed by atoms with Gasteiger partial charge in [0.15, 0.2) is 0 Å². The number of rotatable bonds is 4. The molecule has 3 aromatic rings. The maximum absolute atomic E-state index is 4.93. The van der Waals surface area contributed by atoms with Crippen LogP contribution in [0.25, 0.3) is 22.2 Å². The summed E-state index contributed by atoms with van der Waals surface area (Å²) in [5.41, 5.74) is 3.42. The topological polar surface area (TPSA) is 21.1 Å². The minimum Gasteiger partial charge on any atom is -0.288 e. The van der Waals surface area contributed by atoms with E-state index < -0.39 is 0 Å². The molecule has 1 heterocycles. The van der Waals surface area contributed by atoms with Gasteiger partial charge in [-0.2, -0.15) is 5.10 Å². The molecular weight excluding hydrogens is 294 g/mol. The Morgan fingerprint density at radius 3 is 2.27 bits per heavy atom. The monoisotopic (exact) mass is 315 g/mol. The summed E-state index contributed by atoms with van der Waals surface area (Å²) >= 11 is 0. The molecule has 0 bridgehead atoms. The fourth-order valence-electron chi connectivity index (χ4n) is 2.88. The van der Waals surface area contributed by atoms with Crippen LogP contribution in [0.4, 0.5) is 0 Å². The van der Waals surface area contributed by atoms with Crippen LogP contribution in [0.5, 0.6) is 0 Å². The van der Waals surface area contributed by atoms with Crippen LogP contribution in [0.15, 0.2) is 54.6 Å². The van der Waals surface area contributed by atoms with E-state index in [1.165, 1.54) is 16.5 Å². The van der Waals surface area contributed by atoms with E-state index in [0.29, 0.717) is 0 Å². The van der Waals surface area contributed by atoms with Crippen LogP contribution in [0.1, 0.15) is 19.5 Å². The van der Waals surface area contributed by atoms with Crippen molar-refractivity contribution in [3.63, 3.8) is 0 Å². The van der Waals surface area contributed by atoms with Gasteiger partial charge in [-0.1, -0.05) is 55.5 Å². The van der Waals surface area contributed by atoms with Gasteiger partial charge in [0.2, 0.25) is 0 Å². The van der Waals surface area contributed by atoms with Crippen LogP contribution in [0, 0.1) is 0 Å². The average molecular weight is 316 g/mol. The Bertz CT molecular complexity index is 734. The third-order valence-corrected chi connectivity index (χ3v) is 3.90. The van der Waals surface area contributed by atoms with Gasteiger partial charge in [0, 0.05) is 10.9 Å². The van der Waals surface area contributed by atoms with E-state index in [1.807, 2.05) is 6.07 Å². The zero-order valence-electron chi connectivity index (χ0n) is 13.2. The molecule has 1 atom stereocenters. The molecular formula is C18H22ClN3. The normalized spacial score (nSPS) is 12.4. The van der Waals surface area contributed by atoms with Crippen molar-refractivity contribution in [2.45, 2.75) is 19.5 Å². The molecule has 0 saturated heterocycles. The number of aromatic nitrogens is 2. The van der Waals surface area contributed by atoms with Crippen LogP contribution in [0.2, 0.25) is 0 Å². The van der Waals surface area contributed by atoms with Crippen LogP contribution < -0.4 is 0 Å². The van der Waals surface area contributed by atoms with Gasteiger partial charge in [-0.25, -0.2) is 4.68 Å². The molecule has 3 nitrogen and oxygen atoms in total. The zero-order chi connectivity index (χ0) is 14.8. The van der Waals surface area contributed by atoms with Crippen molar-refractivity contribution in [2.75, 3.05) is 14.1 Å². The van der Waals surface area contributed by atoms with Crippen LogP contribution >= 0.6 is 12.4 Å². The summed E-state index contributed by atoms with van der Waals surface area (Å²) in [6, 6.07) is 18.9. The van der Waals surface area contributed by atoms with Crippen molar-refractivity contribution in [2.24, 2.45) is 0 Å². The predicted octanol–water partition coefficient (Wildman–Crippen LogP) is 4.60. The van der Waals surface area contributed by atoms with Gasteiger partial charge >= 0.3 is 0 Å². The third kappa shape index (κ3) is 2.87. The number of para-hydroxylation sites is 1. The van der Waals surface area contributed by atoms with E-state index in [4.69, 9.17) is 5.10 Å². The molecule has 0 amide bonds. The molecule has 0 N–H and O–H groups in total. The first-order valence-electron chi connectivity index (χ1n) is 7.41. The standard InChI is InChI=1S/C18H21N3.ClH/c1-4-17(20(2)3)21-16-13-9-8-12-15(16)18(19-21)14-10-6-5-7-11-14;/h5-13,17H,4H2,1-3H3;1H. The molecule has 0 radical (unpaired) electrons. The van der Waals surface area contributed by atoms with Gasteiger partial charge in [0.05, 0.1) is 5.52 Å². The second kappa shape index (κ2) is 6.95. The number of hydrogen-bond acceptors (Lipinski definition) is 2. The molecule has 0 aliphatic heterocycles.